The van der Waals surface area contributed by atoms with Crippen molar-refractivity contribution in [3.05, 3.63) is 0 Å². The predicted molar refractivity (Wildman–Crippen MR) is 65.9 cm³/mol. The van der Waals surface area contributed by atoms with Crippen molar-refractivity contribution in [2.75, 3.05) is 26.8 Å². The summed E-state index contributed by atoms with van der Waals surface area (Å²) < 4.78 is 4.77. The minimum absolute atomic E-state index is 0.206. The van der Waals surface area contributed by atoms with Crippen molar-refractivity contribution < 1.29 is 14.6 Å². The lowest BCUT2D eigenvalue weighted by Crippen LogP contribution is -2.42. The number of amides is 2. The van der Waals surface area contributed by atoms with Gasteiger partial charge >= 0.3 is 6.03 Å². The standard InChI is InChI=1S/C12H24N2O3/c1-3-4-12(5-6-12)9-14-11(16)13-7-10(15)8-17-2/h10,15H,3-9H2,1-2H3,(H2,13,14,16). The topological polar surface area (TPSA) is 70.6 Å². The van der Waals surface area contributed by atoms with Crippen LogP contribution in [0.2, 0.25) is 0 Å². The van der Waals surface area contributed by atoms with Crippen molar-refractivity contribution in [2.24, 2.45) is 5.41 Å². The molecule has 100 valence electrons. The van der Waals surface area contributed by atoms with Crippen LogP contribution in [0.4, 0.5) is 4.79 Å². The number of aliphatic hydroxyl groups excluding tert-OH is 1. The van der Waals surface area contributed by atoms with Gasteiger partial charge in [0.15, 0.2) is 0 Å². The monoisotopic (exact) mass is 244 g/mol. The van der Waals surface area contributed by atoms with E-state index in [1.54, 1.807) is 0 Å². The third-order valence-corrected chi connectivity index (χ3v) is 3.22. The summed E-state index contributed by atoms with van der Waals surface area (Å²) in [7, 11) is 1.52. The van der Waals surface area contributed by atoms with Crippen LogP contribution in [0.3, 0.4) is 0 Å². The molecule has 1 fully saturated rings. The number of rotatable bonds is 8. The summed E-state index contributed by atoms with van der Waals surface area (Å²) in [6.45, 7) is 3.37. The Balaban J connectivity index is 2.09. The summed E-state index contributed by atoms with van der Waals surface area (Å²) in [6.07, 6.45) is 4.13. The highest BCUT2D eigenvalue weighted by atomic mass is 16.5. The van der Waals surface area contributed by atoms with Gasteiger partial charge in [-0.2, -0.15) is 0 Å². The first-order valence-electron chi connectivity index (χ1n) is 6.30. The zero-order valence-electron chi connectivity index (χ0n) is 10.8. The first-order chi connectivity index (χ1) is 8.12. The molecule has 0 aliphatic heterocycles. The number of hydrogen-bond donors (Lipinski definition) is 3. The number of carbonyl (C=O) groups is 1. The Morgan fingerprint density at radius 2 is 2.18 bits per heavy atom. The van der Waals surface area contributed by atoms with Crippen LogP contribution in [-0.4, -0.2) is 44.0 Å². The number of urea groups is 1. The number of carbonyl (C=O) groups excluding carboxylic acids is 1. The molecule has 1 unspecified atom stereocenters. The molecule has 17 heavy (non-hydrogen) atoms. The third kappa shape index (κ3) is 5.37. The van der Waals surface area contributed by atoms with Crippen molar-refractivity contribution in [1.29, 1.82) is 0 Å². The van der Waals surface area contributed by atoms with Crippen molar-refractivity contribution in [3.8, 4) is 0 Å². The summed E-state index contributed by atoms with van der Waals surface area (Å²) in [5.74, 6) is 0. The quantitative estimate of drug-likeness (QED) is 0.593. The van der Waals surface area contributed by atoms with E-state index >= 15 is 0 Å². The molecule has 1 aliphatic carbocycles. The smallest absolute Gasteiger partial charge is 0.314 e. The maximum atomic E-state index is 11.5. The normalized spacial score (nSPS) is 18.5. The molecule has 3 N–H and O–H groups in total. The molecule has 0 radical (unpaired) electrons. The Bertz CT molecular complexity index is 242. The first-order valence-corrected chi connectivity index (χ1v) is 6.30. The molecule has 0 spiro atoms. The lowest BCUT2D eigenvalue weighted by molar-refractivity contribution is 0.0659. The largest absolute Gasteiger partial charge is 0.389 e. The fraction of sp³-hybridized carbons (Fsp3) is 0.917. The lowest BCUT2D eigenvalue weighted by atomic mass is 10.0. The Hall–Kier alpha value is -0.810. The van der Waals surface area contributed by atoms with E-state index in [1.165, 1.54) is 26.4 Å². The van der Waals surface area contributed by atoms with Gasteiger partial charge < -0.3 is 20.5 Å². The molecule has 2 amide bonds. The van der Waals surface area contributed by atoms with E-state index in [4.69, 9.17) is 4.74 Å². The maximum Gasteiger partial charge on any atom is 0.314 e. The van der Waals surface area contributed by atoms with Gasteiger partial charge in [0.2, 0.25) is 0 Å². The van der Waals surface area contributed by atoms with E-state index in [-0.39, 0.29) is 19.2 Å². The highest BCUT2D eigenvalue weighted by molar-refractivity contribution is 5.73. The SMILES string of the molecule is CCCC1(CNC(=O)NCC(O)COC)CC1. The van der Waals surface area contributed by atoms with E-state index < -0.39 is 6.10 Å². The van der Waals surface area contributed by atoms with E-state index in [0.29, 0.717) is 5.41 Å². The van der Waals surface area contributed by atoms with Crippen LogP contribution in [0.15, 0.2) is 0 Å². The van der Waals surface area contributed by atoms with Crippen molar-refractivity contribution in [1.82, 2.24) is 10.6 Å². The molecular formula is C12H24N2O3. The summed E-state index contributed by atoms with van der Waals surface area (Å²) in [5, 5.41) is 14.9. The molecule has 1 atom stereocenters. The Labute approximate surface area is 103 Å². The Morgan fingerprint density at radius 1 is 1.47 bits per heavy atom. The number of ether oxygens (including phenoxy) is 1. The molecular weight excluding hydrogens is 220 g/mol. The molecule has 1 rings (SSSR count). The molecule has 0 aromatic carbocycles. The molecule has 0 heterocycles. The number of nitrogens with one attached hydrogen (secondary N) is 2. The molecule has 5 heteroatoms. The molecule has 0 aromatic heterocycles. The fourth-order valence-corrected chi connectivity index (χ4v) is 2.01. The second-order valence-electron chi connectivity index (χ2n) is 4.92. The average Bonchev–Trinajstić information content (AvgIpc) is 3.05. The van der Waals surface area contributed by atoms with Gasteiger partial charge in [0, 0.05) is 20.2 Å². The molecule has 0 bridgehead atoms. The van der Waals surface area contributed by atoms with E-state index in [1.807, 2.05) is 0 Å². The third-order valence-electron chi connectivity index (χ3n) is 3.22. The summed E-state index contributed by atoms with van der Waals surface area (Å²) >= 11 is 0. The highest BCUT2D eigenvalue weighted by Gasteiger charge is 2.41. The Kier molecular flexibility index (Phi) is 5.71. The van der Waals surface area contributed by atoms with E-state index in [2.05, 4.69) is 17.6 Å². The Morgan fingerprint density at radius 3 is 2.71 bits per heavy atom. The highest BCUT2D eigenvalue weighted by Crippen LogP contribution is 2.48. The zero-order valence-corrected chi connectivity index (χ0v) is 10.8. The van der Waals surface area contributed by atoms with Crippen LogP contribution in [0.25, 0.3) is 0 Å². The van der Waals surface area contributed by atoms with Crippen LogP contribution < -0.4 is 10.6 Å². The molecule has 1 aliphatic rings. The predicted octanol–water partition coefficient (Wildman–Crippen LogP) is 0.873. The second-order valence-corrected chi connectivity index (χ2v) is 4.92. The van der Waals surface area contributed by atoms with Crippen LogP contribution in [0, 0.1) is 5.41 Å². The van der Waals surface area contributed by atoms with Crippen molar-refractivity contribution in [3.63, 3.8) is 0 Å². The van der Waals surface area contributed by atoms with Gasteiger partial charge in [-0.1, -0.05) is 13.3 Å². The van der Waals surface area contributed by atoms with Crippen LogP contribution in [0.5, 0.6) is 0 Å². The van der Waals surface area contributed by atoms with Crippen LogP contribution in [-0.2, 0) is 4.74 Å². The average molecular weight is 244 g/mol. The van der Waals surface area contributed by atoms with Crippen molar-refractivity contribution in [2.45, 2.75) is 38.7 Å². The summed E-state index contributed by atoms with van der Waals surface area (Å²) in [4.78, 5) is 11.5. The molecule has 1 saturated carbocycles. The summed E-state index contributed by atoms with van der Waals surface area (Å²) in [6, 6.07) is -0.206. The van der Waals surface area contributed by atoms with Gasteiger partial charge in [-0.25, -0.2) is 4.79 Å². The number of aliphatic hydroxyl groups is 1. The minimum atomic E-state index is -0.642. The molecule has 0 aromatic rings. The maximum absolute atomic E-state index is 11.5. The van der Waals surface area contributed by atoms with Gasteiger partial charge in [-0.05, 0) is 24.7 Å². The molecule has 0 saturated heterocycles. The van der Waals surface area contributed by atoms with Crippen LogP contribution >= 0.6 is 0 Å². The second kappa shape index (κ2) is 6.81. The van der Waals surface area contributed by atoms with E-state index in [9.17, 15) is 9.90 Å². The summed E-state index contributed by atoms with van der Waals surface area (Å²) in [5.41, 5.74) is 0.358. The van der Waals surface area contributed by atoms with Crippen molar-refractivity contribution >= 4 is 6.03 Å². The van der Waals surface area contributed by atoms with Crippen LogP contribution in [0.1, 0.15) is 32.6 Å². The first kappa shape index (κ1) is 14.3. The number of methoxy groups -OCH3 is 1. The fourth-order valence-electron chi connectivity index (χ4n) is 2.01. The minimum Gasteiger partial charge on any atom is -0.389 e. The number of hydrogen-bond acceptors (Lipinski definition) is 3. The zero-order chi connectivity index (χ0) is 12.7. The van der Waals surface area contributed by atoms with Gasteiger partial charge in [0.25, 0.3) is 0 Å². The van der Waals surface area contributed by atoms with Gasteiger partial charge in [0.05, 0.1) is 12.7 Å². The molecule has 5 nitrogen and oxygen atoms in total. The van der Waals surface area contributed by atoms with Gasteiger partial charge in [0.1, 0.15) is 0 Å². The van der Waals surface area contributed by atoms with E-state index in [0.717, 1.165) is 13.0 Å². The van der Waals surface area contributed by atoms with Gasteiger partial charge in [-0.3, -0.25) is 0 Å². The van der Waals surface area contributed by atoms with Gasteiger partial charge in [-0.15, -0.1) is 0 Å². The lowest BCUT2D eigenvalue weighted by Gasteiger charge is -2.16.